The minimum Gasteiger partial charge on any atom is -0.489 e. The van der Waals surface area contributed by atoms with Crippen LogP contribution in [0.4, 0.5) is 5.69 Å². The zero-order valence-corrected chi connectivity index (χ0v) is 11.5. The molecule has 2 aromatic rings. The number of hydrogen-bond donors (Lipinski definition) is 1. The predicted octanol–water partition coefficient (Wildman–Crippen LogP) is 3.20. The highest BCUT2D eigenvalue weighted by atomic mass is 35.5. The number of carbonyl (C=O) groups is 1. The average molecular weight is 289 g/mol. The third-order valence-corrected chi connectivity index (χ3v) is 3.38. The van der Waals surface area contributed by atoms with Gasteiger partial charge in [0.15, 0.2) is 0 Å². The molecule has 102 valence electrons. The summed E-state index contributed by atoms with van der Waals surface area (Å²) in [4.78, 5) is 15.2. The largest absolute Gasteiger partial charge is 0.489 e. The van der Waals surface area contributed by atoms with Crippen LogP contribution >= 0.6 is 11.6 Å². The molecule has 0 bridgehead atoms. The van der Waals surface area contributed by atoms with Crippen molar-refractivity contribution in [1.29, 1.82) is 0 Å². The maximum atomic E-state index is 11.3. The number of nitrogens with one attached hydrogen (secondary N) is 1. The van der Waals surface area contributed by atoms with Crippen LogP contribution in [-0.4, -0.2) is 10.9 Å². The second kappa shape index (κ2) is 5.51. The number of carbonyl (C=O) groups excluding carboxylic acids is 1. The SMILES string of the molecule is O=C1CCc2cc(OCc3ccnc(Cl)c3)ccc2N1. The van der Waals surface area contributed by atoms with Crippen molar-refractivity contribution in [3.05, 3.63) is 52.8 Å². The van der Waals surface area contributed by atoms with Crippen molar-refractivity contribution in [3.63, 3.8) is 0 Å². The molecule has 0 spiro atoms. The van der Waals surface area contributed by atoms with Gasteiger partial charge in [0, 0.05) is 18.3 Å². The molecule has 3 rings (SSSR count). The lowest BCUT2D eigenvalue weighted by Gasteiger charge is -2.17. The van der Waals surface area contributed by atoms with Gasteiger partial charge in [-0.2, -0.15) is 0 Å². The van der Waals surface area contributed by atoms with Gasteiger partial charge in [-0.05, 0) is 47.9 Å². The minimum absolute atomic E-state index is 0.0672. The topological polar surface area (TPSA) is 51.2 Å². The maximum absolute atomic E-state index is 11.3. The Morgan fingerprint density at radius 2 is 2.15 bits per heavy atom. The van der Waals surface area contributed by atoms with Crippen LogP contribution in [0.1, 0.15) is 17.5 Å². The van der Waals surface area contributed by atoms with Gasteiger partial charge in [-0.25, -0.2) is 4.98 Å². The Hall–Kier alpha value is -2.07. The number of anilines is 1. The number of nitrogens with zero attached hydrogens (tertiary/aromatic N) is 1. The van der Waals surface area contributed by atoms with Crippen molar-refractivity contribution in [2.75, 3.05) is 5.32 Å². The number of rotatable bonds is 3. The molecule has 1 N–H and O–H groups in total. The van der Waals surface area contributed by atoms with Gasteiger partial charge in [-0.3, -0.25) is 4.79 Å². The summed E-state index contributed by atoms with van der Waals surface area (Å²) in [6.07, 6.45) is 2.93. The molecule has 0 saturated carbocycles. The van der Waals surface area contributed by atoms with Gasteiger partial charge in [-0.15, -0.1) is 0 Å². The van der Waals surface area contributed by atoms with E-state index >= 15 is 0 Å². The molecule has 20 heavy (non-hydrogen) atoms. The van der Waals surface area contributed by atoms with Crippen molar-refractivity contribution in [1.82, 2.24) is 4.98 Å². The zero-order chi connectivity index (χ0) is 13.9. The van der Waals surface area contributed by atoms with Crippen LogP contribution in [0.15, 0.2) is 36.5 Å². The Bertz CT molecular complexity index is 658. The van der Waals surface area contributed by atoms with Crippen LogP contribution in [-0.2, 0) is 17.8 Å². The summed E-state index contributed by atoms with van der Waals surface area (Å²) in [5, 5.41) is 3.31. The van der Waals surface area contributed by atoms with E-state index in [1.807, 2.05) is 24.3 Å². The highest BCUT2D eigenvalue weighted by Gasteiger charge is 2.14. The Balaban J connectivity index is 1.71. The van der Waals surface area contributed by atoms with E-state index in [0.29, 0.717) is 18.2 Å². The number of aryl methyl sites for hydroxylation is 1. The molecule has 5 heteroatoms. The monoisotopic (exact) mass is 288 g/mol. The van der Waals surface area contributed by atoms with Gasteiger partial charge in [0.1, 0.15) is 17.5 Å². The number of halogens is 1. The fourth-order valence-electron chi connectivity index (χ4n) is 2.15. The van der Waals surface area contributed by atoms with Gasteiger partial charge < -0.3 is 10.1 Å². The Morgan fingerprint density at radius 3 is 3.00 bits per heavy atom. The van der Waals surface area contributed by atoms with Gasteiger partial charge in [0.25, 0.3) is 0 Å². The predicted molar refractivity (Wildman–Crippen MR) is 77.0 cm³/mol. The number of hydrogen-bond acceptors (Lipinski definition) is 3. The third kappa shape index (κ3) is 2.91. The molecular weight excluding hydrogens is 276 g/mol. The summed E-state index contributed by atoms with van der Waals surface area (Å²) in [5.41, 5.74) is 2.95. The molecule has 0 fully saturated rings. The molecule has 0 unspecified atom stereocenters. The van der Waals surface area contributed by atoms with E-state index < -0.39 is 0 Å². The first-order valence-electron chi connectivity index (χ1n) is 6.37. The molecule has 1 aliphatic rings. The van der Waals surface area contributed by atoms with Gasteiger partial charge >= 0.3 is 0 Å². The molecule has 1 aliphatic heterocycles. The number of aromatic nitrogens is 1. The first kappa shape index (κ1) is 12.9. The second-order valence-corrected chi connectivity index (χ2v) is 5.03. The third-order valence-electron chi connectivity index (χ3n) is 3.17. The van der Waals surface area contributed by atoms with Crippen LogP contribution in [0.2, 0.25) is 5.15 Å². The zero-order valence-electron chi connectivity index (χ0n) is 10.7. The van der Waals surface area contributed by atoms with E-state index in [4.69, 9.17) is 16.3 Å². The Labute approximate surface area is 121 Å². The normalized spacial score (nSPS) is 13.6. The maximum Gasteiger partial charge on any atom is 0.224 e. The van der Waals surface area contributed by atoms with E-state index in [2.05, 4.69) is 10.3 Å². The summed E-state index contributed by atoms with van der Waals surface area (Å²) in [5.74, 6) is 0.852. The van der Waals surface area contributed by atoms with Gasteiger partial charge in [0.05, 0.1) is 0 Å². The number of amides is 1. The number of pyridine rings is 1. The van der Waals surface area contributed by atoms with E-state index in [1.165, 1.54) is 0 Å². The van der Waals surface area contributed by atoms with Crippen LogP contribution < -0.4 is 10.1 Å². The Morgan fingerprint density at radius 1 is 1.25 bits per heavy atom. The first-order chi connectivity index (χ1) is 9.70. The van der Waals surface area contributed by atoms with Gasteiger partial charge in [-0.1, -0.05) is 11.6 Å². The smallest absolute Gasteiger partial charge is 0.224 e. The fourth-order valence-corrected chi connectivity index (χ4v) is 2.35. The summed E-state index contributed by atoms with van der Waals surface area (Å²) in [7, 11) is 0. The lowest BCUT2D eigenvalue weighted by Crippen LogP contribution is -2.18. The lowest BCUT2D eigenvalue weighted by atomic mass is 10.0. The van der Waals surface area contributed by atoms with Gasteiger partial charge in [0.2, 0.25) is 5.91 Å². The molecular formula is C15H13ClN2O2. The molecule has 1 aromatic carbocycles. The van der Waals surface area contributed by atoms with Crippen LogP contribution in [0, 0.1) is 0 Å². The van der Waals surface area contributed by atoms with Crippen molar-refractivity contribution in [2.45, 2.75) is 19.4 Å². The summed E-state index contributed by atoms with van der Waals surface area (Å²) < 4.78 is 5.74. The molecule has 2 heterocycles. The van der Waals surface area contributed by atoms with Crippen LogP contribution in [0.5, 0.6) is 5.75 Å². The molecule has 0 saturated heterocycles. The standard InChI is InChI=1S/C15H13ClN2O2/c16-14-7-10(5-6-17-14)9-20-12-2-3-13-11(8-12)1-4-15(19)18-13/h2-3,5-8H,1,4,9H2,(H,18,19). The van der Waals surface area contributed by atoms with E-state index in [0.717, 1.165) is 29.0 Å². The summed E-state index contributed by atoms with van der Waals surface area (Å²) >= 11 is 5.83. The minimum atomic E-state index is 0.0672. The van der Waals surface area contributed by atoms with Crippen molar-refractivity contribution < 1.29 is 9.53 Å². The highest BCUT2D eigenvalue weighted by Crippen LogP contribution is 2.27. The molecule has 1 aromatic heterocycles. The van der Waals surface area contributed by atoms with Crippen LogP contribution in [0.25, 0.3) is 0 Å². The molecule has 1 amide bonds. The lowest BCUT2D eigenvalue weighted by molar-refractivity contribution is -0.116. The molecule has 0 radical (unpaired) electrons. The van der Waals surface area contributed by atoms with E-state index in [1.54, 1.807) is 12.3 Å². The van der Waals surface area contributed by atoms with Crippen molar-refractivity contribution in [3.8, 4) is 5.75 Å². The van der Waals surface area contributed by atoms with Crippen molar-refractivity contribution >= 4 is 23.2 Å². The quantitative estimate of drug-likeness (QED) is 0.883. The average Bonchev–Trinajstić information content (AvgIpc) is 2.45. The first-order valence-corrected chi connectivity index (χ1v) is 6.74. The number of fused-ring (bicyclic) bond motifs is 1. The van der Waals surface area contributed by atoms with E-state index in [9.17, 15) is 4.79 Å². The molecule has 0 aliphatic carbocycles. The van der Waals surface area contributed by atoms with Crippen LogP contribution in [0.3, 0.4) is 0 Å². The van der Waals surface area contributed by atoms with Crippen molar-refractivity contribution in [2.24, 2.45) is 0 Å². The molecule has 4 nitrogen and oxygen atoms in total. The fraction of sp³-hybridized carbons (Fsp3) is 0.200. The highest BCUT2D eigenvalue weighted by molar-refractivity contribution is 6.29. The molecule has 0 atom stereocenters. The number of benzene rings is 1. The number of ether oxygens (including phenoxy) is 1. The summed E-state index contributed by atoms with van der Waals surface area (Å²) in [6, 6.07) is 9.34. The Kier molecular flexibility index (Phi) is 3.56. The second-order valence-electron chi connectivity index (χ2n) is 4.64. The summed E-state index contributed by atoms with van der Waals surface area (Å²) in [6.45, 7) is 0.438. The van der Waals surface area contributed by atoms with E-state index in [-0.39, 0.29) is 5.91 Å².